The third-order valence-corrected chi connectivity index (χ3v) is 15.0. The Bertz CT molecular complexity index is 2460. The SMILES string of the molecule is CO[C@H]1O[C@H](COCc2ccccc2)[C@@H](OC[C@H]2O[C@@H](C[C@H]3O[C@H](OC)[C@H](OCc4ccccc4)[C@@H](OCc4ccccc4)[C@@H]3OCc3ccccc3)C[C@@H]2I)[C@H](OCc2ccccc2)[C@H]1OCc1ccccc1. The lowest BCUT2D eigenvalue weighted by atomic mass is 9.93. The van der Waals surface area contributed by atoms with Crippen molar-refractivity contribution in [2.75, 3.05) is 27.4 Å². The molecule has 0 bridgehead atoms. The van der Waals surface area contributed by atoms with E-state index in [1.54, 1.807) is 14.2 Å². The molecule has 13 atom stereocenters. The highest BCUT2D eigenvalue weighted by Crippen LogP contribution is 2.38. The van der Waals surface area contributed by atoms with Gasteiger partial charge >= 0.3 is 0 Å². The molecule has 3 aliphatic rings. The minimum absolute atomic E-state index is 0.105. The molecule has 9 rings (SSSR count). The summed E-state index contributed by atoms with van der Waals surface area (Å²) in [5.41, 5.74) is 6.20. The monoisotopic (exact) mass is 1120 g/mol. The highest BCUT2D eigenvalue weighted by Gasteiger charge is 2.52. The number of hydrogen-bond acceptors (Lipinski definition) is 12. The van der Waals surface area contributed by atoms with Crippen molar-refractivity contribution in [3.8, 4) is 0 Å². The molecule has 0 aromatic heterocycles. The van der Waals surface area contributed by atoms with Crippen LogP contribution in [0.4, 0.5) is 0 Å². The Morgan fingerprint density at radius 1 is 0.365 bits per heavy atom. The van der Waals surface area contributed by atoms with Gasteiger partial charge in [-0.15, -0.1) is 0 Å². The van der Waals surface area contributed by atoms with Crippen molar-refractivity contribution in [2.24, 2.45) is 0 Å². The summed E-state index contributed by atoms with van der Waals surface area (Å²) in [6, 6.07) is 60.7. The molecule has 3 heterocycles. The number of ether oxygens (including phenoxy) is 12. The Kier molecular flexibility index (Phi) is 21.0. The quantitative estimate of drug-likeness (QED) is 0.0381. The van der Waals surface area contributed by atoms with E-state index in [1.165, 1.54) is 0 Å². The van der Waals surface area contributed by atoms with E-state index in [-0.39, 0.29) is 29.3 Å². The van der Waals surface area contributed by atoms with E-state index >= 15 is 0 Å². The molecular formula is C61H69IO12. The first-order chi connectivity index (χ1) is 36.5. The van der Waals surface area contributed by atoms with Crippen LogP contribution in [-0.4, -0.2) is 105 Å². The standard InChI is InChI=1S/C61H69IO12/c1-63-60-58(69-39-47-29-17-7-18-30-47)56(67-37-45-25-13-5-14-26-45)54(66-36-44-23-11-4-12-24-44)51(73-60)34-49-33-50(62)52(72-49)42-71-55-53(41-65-35-43-21-9-3-10-22-43)74-61(64-2)59(70-40-48-31-19-8-20-32-48)57(55)68-38-46-27-15-6-16-28-46/h3-32,49-61H,33-42H2,1-2H3/t49-,50+,51-,52-,53-,54-,55-,56+,57+,58-,59-,60+,61+/m1/s1. The van der Waals surface area contributed by atoms with Crippen LogP contribution in [0.15, 0.2) is 182 Å². The van der Waals surface area contributed by atoms with Crippen LogP contribution < -0.4 is 0 Å². The molecule has 0 amide bonds. The third-order valence-electron chi connectivity index (χ3n) is 13.7. The van der Waals surface area contributed by atoms with Crippen molar-refractivity contribution in [1.82, 2.24) is 0 Å². The lowest BCUT2D eigenvalue weighted by Crippen LogP contribution is -2.62. The Morgan fingerprint density at radius 2 is 0.703 bits per heavy atom. The molecule has 6 aromatic rings. The maximum absolute atomic E-state index is 7.07. The molecule has 0 N–H and O–H groups in total. The largest absolute Gasteiger partial charge is 0.374 e. The van der Waals surface area contributed by atoms with Crippen LogP contribution in [0, 0.1) is 0 Å². The van der Waals surface area contributed by atoms with Gasteiger partial charge in [-0.1, -0.05) is 205 Å². The zero-order chi connectivity index (χ0) is 50.7. The van der Waals surface area contributed by atoms with Crippen molar-refractivity contribution < 1.29 is 56.8 Å². The molecule has 0 aliphatic carbocycles. The van der Waals surface area contributed by atoms with Crippen molar-refractivity contribution in [1.29, 1.82) is 0 Å². The molecule has 0 saturated carbocycles. The van der Waals surface area contributed by atoms with Gasteiger partial charge in [0.15, 0.2) is 12.6 Å². The average Bonchev–Trinajstić information content (AvgIpc) is 3.81. The van der Waals surface area contributed by atoms with E-state index in [0.29, 0.717) is 46.1 Å². The summed E-state index contributed by atoms with van der Waals surface area (Å²) in [4.78, 5) is 0. The van der Waals surface area contributed by atoms with Crippen molar-refractivity contribution in [2.45, 2.75) is 130 Å². The summed E-state index contributed by atoms with van der Waals surface area (Å²) >= 11 is 2.50. The van der Waals surface area contributed by atoms with Crippen molar-refractivity contribution >= 4 is 22.6 Å². The van der Waals surface area contributed by atoms with Gasteiger partial charge in [-0.25, -0.2) is 0 Å². The number of halogens is 1. The summed E-state index contributed by atoms with van der Waals surface area (Å²) in [7, 11) is 3.28. The van der Waals surface area contributed by atoms with Crippen LogP contribution >= 0.6 is 22.6 Å². The molecule has 3 aliphatic heterocycles. The fourth-order valence-electron chi connectivity index (χ4n) is 9.85. The van der Waals surface area contributed by atoms with Gasteiger partial charge in [0.05, 0.1) is 71.2 Å². The molecule has 0 spiro atoms. The minimum atomic E-state index is -0.763. The van der Waals surface area contributed by atoms with Gasteiger partial charge in [0.1, 0.15) is 42.7 Å². The van der Waals surface area contributed by atoms with E-state index in [1.807, 2.05) is 158 Å². The fraction of sp³-hybridized carbons (Fsp3) is 0.410. The first kappa shape index (κ1) is 54.4. The highest BCUT2D eigenvalue weighted by atomic mass is 127. The average molecular weight is 1120 g/mol. The second kappa shape index (κ2) is 28.6. The van der Waals surface area contributed by atoms with Gasteiger partial charge in [0.2, 0.25) is 0 Å². The van der Waals surface area contributed by atoms with Crippen LogP contribution in [0.3, 0.4) is 0 Å². The Morgan fingerprint density at radius 3 is 1.09 bits per heavy atom. The second-order valence-electron chi connectivity index (χ2n) is 18.9. The topological polar surface area (TPSA) is 111 Å². The van der Waals surface area contributed by atoms with Gasteiger partial charge in [-0.3, -0.25) is 0 Å². The molecule has 12 nitrogen and oxygen atoms in total. The van der Waals surface area contributed by atoms with Crippen LogP contribution in [-0.2, 0) is 96.5 Å². The third kappa shape index (κ3) is 15.4. The summed E-state index contributed by atoms with van der Waals surface area (Å²) in [6.45, 7) is 2.59. The van der Waals surface area contributed by atoms with E-state index in [4.69, 9.17) is 56.8 Å². The molecule has 0 unspecified atom stereocenters. The number of hydrogen-bond donors (Lipinski definition) is 0. The van der Waals surface area contributed by atoms with Gasteiger partial charge in [0, 0.05) is 24.6 Å². The molecule has 3 saturated heterocycles. The maximum Gasteiger partial charge on any atom is 0.186 e. The summed E-state index contributed by atoms with van der Waals surface area (Å²) in [5, 5.41) is 0. The fourth-order valence-corrected chi connectivity index (χ4v) is 10.8. The van der Waals surface area contributed by atoms with E-state index < -0.39 is 61.4 Å². The van der Waals surface area contributed by atoms with Crippen LogP contribution in [0.25, 0.3) is 0 Å². The van der Waals surface area contributed by atoms with Gasteiger partial charge in [-0.2, -0.15) is 0 Å². The normalized spacial score (nSPS) is 28.0. The molecule has 3 fully saturated rings. The van der Waals surface area contributed by atoms with Crippen LogP contribution in [0.1, 0.15) is 46.2 Å². The summed E-state index contributed by atoms with van der Waals surface area (Å²) in [6.07, 6.45) is -5.35. The second-order valence-corrected chi connectivity index (χ2v) is 20.5. The molecule has 6 aromatic carbocycles. The summed E-state index contributed by atoms with van der Waals surface area (Å²) in [5.74, 6) is 0. The Labute approximate surface area is 449 Å². The molecule has 74 heavy (non-hydrogen) atoms. The number of rotatable bonds is 26. The number of benzene rings is 6. The zero-order valence-electron chi connectivity index (χ0n) is 42.2. The first-order valence-electron chi connectivity index (χ1n) is 25.7. The van der Waals surface area contributed by atoms with Gasteiger partial charge in [-0.05, 0) is 39.8 Å². The molecule has 13 heteroatoms. The molecule has 392 valence electrons. The van der Waals surface area contributed by atoms with Crippen LogP contribution in [0.5, 0.6) is 0 Å². The Hall–Kier alpha value is -4.43. The predicted molar refractivity (Wildman–Crippen MR) is 288 cm³/mol. The molecular weight excluding hydrogens is 1050 g/mol. The first-order valence-corrected chi connectivity index (χ1v) is 26.9. The maximum atomic E-state index is 7.07. The highest BCUT2D eigenvalue weighted by molar-refractivity contribution is 14.1. The van der Waals surface area contributed by atoms with Crippen LogP contribution in [0.2, 0.25) is 0 Å². The lowest BCUT2D eigenvalue weighted by molar-refractivity contribution is -0.324. The van der Waals surface area contributed by atoms with E-state index in [0.717, 1.165) is 39.8 Å². The van der Waals surface area contributed by atoms with Crippen molar-refractivity contribution in [3.05, 3.63) is 215 Å². The lowest BCUT2D eigenvalue weighted by Gasteiger charge is -2.46. The van der Waals surface area contributed by atoms with Gasteiger partial charge < -0.3 is 56.8 Å². The van der Waals surface area contributed by atoms with Crippen molar-refractivity contribution in [3.63, 3.8) is 0 Å². The summed E-state index contributed by atoms with van der Waals surface area (Å²) < 4.78 is 80.5. The van der Waals surface area contributed by atoms with E-state index in [9.17, 15) is 0 Å². The number of alkyl halides is 1. The zero-order valence-corrected chi connectivity index (χ0v) is 44.3. The van der Waals surface area contributed by atoms with E-state index in [2.05, 4.69) is 46.9 Å². The minimum Gasteiger partial charge on any atom is -0.374 e. The molecule has 0 radical (unpaired) electrons. The number of methoxy groups -OCH3 is 2. The predicted octanol–water partition coefficient (Wildman–Crippen LogP) is 10.6. The smallest absolute Gasteiger partial charge is 0.186 e. The Balaban J connectivity index is 0.945. The van der Waals surface area contributed by atoms with Gasteiger partial charge in [0.25, 0.3) is 0 Å².